The van der Waals surface area contributed by atoms with Crippen molar-refractivity contribution in [3.63, 3.8) is 0 Å². The summed E-state index contributed by atoms with van der Waals surface area (Å²) in [7, 11) is 1.61. The van der Waals surface area contributed by atoms with Gasteiger partial charge in [-0.2, -0.15) is 10.5 Å². The molecule has 0 aliphatic carbocycles. The molecule has 0 fully saturated rings. The van der Waals surface area contributed by atoms with Gasteiger partial charge in [-0.15, -0.1) is 0 Å². The van der Waals surface area contributed by atoms with Crippen LogP contribution in [-0.2, 0) is 0 Å². The van der Waals surface area contributed by atoms with Crippen LogP contribution in [0.25, 0.3) is 0 Å². The minimum Gasteiger partial charge on any atom is -0.497 e. The predicted octanol–water partition coefficient (Wildman–Crippen LogP) is 2.44. The molecule has 0 atom stereocenters. The Morgan fingerprint density at radius 2 is 1.76 bits per heavy atom. The van der Waals surface area contributed by atoms with Crippen LogP contribution in [0.4, 0.5) is 23.0 Å². The number of nitrogens with zero attached hydrogens (tertiary/aromatic N) is 5. The first kappa shape index (κ1) is 17.8. The minimum absolute atomic E-state index is 0.316. The molecule has 0 bridgehead atoms. The van der Waals surface area contributed by atoms with Crippen molar-refractivity contribution in [2.45, 2.75) is 12.8 Å². The molecule has 1 aromatic heterocycles. The molecule has 25 heavy (non-hydrogen) atoms. The van der Waals surface area contributed by atoms with Crippen molar-refractivity contribution < 1.29 is 4.74 Å². The summed E-state index contributed by atoms with van der Waals surface area (Å²) in [5.41, 5.74) is 7.39. The highest BCUT2D eigenvalue weighted by Gasteiger charge is 2.15. The number of nitrogens with two attached hydrogens (primary N) is 1. The maximum atomic E-state index is 8.82. The summed E-state index contributed by atoms with van der Waals surface area (Å²) in [6, 6.07) is 11.5. The summed E-state index contributed by atoms with van der Waals surface area (Å²) < 4.78 is 5.13. The van der Waals surface area contributed by atoms with Crippen molar-refractivity contribution in [3.05, 3.63) is 30.6 Å². The highest BCUT2D eigenvalue weighted by Crippen LogP contribution is 2.29. The summed E-state index contributed by atoms with van der Waals surface area (Å²) in [6.45, 7) is 0.892. The lowest BCUT2D eigenvalue weighted by molar-refractivity contribution is 0.415. The number of aromatic nitrogens is 2. The highest BCUT2D eigenvalue weighted by molar-refractivity contribution is 5.78. The molecular weight excluding hydrogens is 318 g/mol. The quantitative estimate of drug-likeness (QED) is 0.752. The number of methoxy groups -OCH3 is 1. The van der Waals surface area contributed by atoms with E-state index in [2.05, 4.69) is 27.4 Å². The zero-order chi connectivity index (χ0) is 18.1. The van der Waals surface area contributed by atoms with E-state index in [1.807, 2.05) is 29.2 Å². The molecule has 8 heteroatoms. The van der Waals surface area contributed by atoms with E-state index < -0.39 is 0 Å². The molecule has 0 saturated heterocycles. The van der Waals surface area contributed by atoms with Gasteiger partial charge in [-0.3, -0.25) is 0 Å². The van der Waals surface area contributed by atoms with Crippen molar-refractivity contribution in [2.75, 3.05) is 36.1 Å². The van der Waals surface area contributed by atoms with Crippen LogP contribution in [0.5, 0.6) is 5.75 Å². The normalized spacial score (nSPS) is 9.72. The van der Waals surface area contributed by atoms with Crippen LogP contribution < -0.4 is 20.7 Å². The number of ether oxygens (including phenoxy) is 1. The molecule has 0 aliphatic rings. The first-order valence-corrected chi connectivity index (χ1v) is 7.70. The molecule has 8 nitrogen and oxygen atoms in total. The van der Waals surface area contributed by atoms with Crippen LogP contribution >= 0.6 is 0 Å². The first-order valence-electron chi connectivity index (χ1n) is 7.70. The molecule has 0 saturated carbocycles. The molecular formula is C17H19N7O. The summed E-state index contributed by atoms with van der Waals surface area (Å²) >= 11 is 0. The lowest BCUT2D eigenvalue weighted by Gasteiger charge is -2.23. The van der Waals surface area contributed by atoms with Gasteiger partial charge in [-0.25, -0.2) is 9.97 Å². The van der Waals surface area contributed by atoms with E-state index in [0.29, 0.717) is 43.3 Å². The van der Waals surface area contributed by atoms with Crippen LogP contribution in [0, 0.1) is 22.7 Å². The summed E-state index contributed by atoms with van der Waals surface area (Å²) in [5, 5.41) is 20.8. The molecule has 2 aromatic rings. The van der Waals surface area contributed by atoms with Crippen LogP contribution in [0.2, 0.25) is 0 Å². The molecule has 3 N–H and O–H groups in total. The molecule has 0 radical (unpaired) electrons. The van der Waals surface area contributed by atoms with Gasteiger partial charge < -0.3 is 20.7 Å². The van der Waals surface area contributed by atoms with Gasteiger partial charge in [0.1, 0.15) is 17.8 Å². The third-order valence-electron chi connectivity index (χ3n) is 3.50. The lowest BCUT2D eigenvalue weighted by Crippen LogP contribution is -2.27. The number of rotatable bonds is 8. The number of anilines is 4. The number of hydrogen-bond donors (Lipinski definition) is 2. The second kappa shape index (κ2) is 8.94. The zero-order valence-electron chi connectivity index (χ0n) is 13.9. The molecule has 0 unspecified atom stereocenters. The number of nitriles is 2. The fourth-order valence-electron chi connectivity index (χ4n) is 2.24. The molecule has 0 amide bonds. The SMILES string of the molecule is COc1ccc(Nc2ncnc(N(CCC#N)CCC#N)c2N)cc1. The van der Waals surface area contributed by atoms with Crippen LogP contribution in [0.3, 0.4) is 0 Å². The number of hydrogen-bond acceptors (Lipinski definition) is 8. The molecule has 2 rings (SSSR count). The Morgan fingerprint density at radius 1 is 1.12 bits per heavy atom. The average molecular weight is 337 g/mol. The monoisotopic (exact) mass is 337 g/mol. The van der Waals surface area contributed by atoms with Crippen LogP contribution in [-0.4, -0.2) is 30.2 Å². The molecule has 0 spiro atoms. The van der Waals surface area contributed by atoms with E-state index in [1.165, 1.54) is 6.33 Å². The summed E-state index contributed by atoms with van der Waals surface area (Å²) in [5.74, 6) is 1.73. The van der Waals surface area contributed by atoms with E-state index in [0.717, 1.165) is 11.4 Å². The van der Waals surface area contributed by atoms with E-state index in [9.17, 15) is 0 Å². The Kier molecular flexibility index (Phi) is 6.38. The van der Waals surface area contributed by atoms with Gasteiger partial charge in [0, 0.05) is 18.8 Å². The van der Waals surface area contributed by atoms with Crippen molar-refractivity contribution in [3.8, 4) is 17.9 Å². The Morgan fingerprint density at radius 3 is 2.32 bits per heavy atom. The summed E-state index contributed by atoms with van der Waals surface area (Å²) in [6.07, 6.45) is 2.04. The molecule has 0 aliphatic heterocycles. The largest absolute Gasteiger partial charge is 0.497 e. The molecule has 1 heterocycles. The van der Waals surface area contributed by atoms with E-state index in [-0.39, 0.29) is 0 Å². The van der Waals surface area contributed by atoms with E-state index >= 15 is 0 Å². The van der Waals surface area contributed by atoms with Gasteiger partial charge in [0.2, 0.25) is 0 Å². The zero-order valence-corrected chi connectivity index (χ0v) is 13.9. The second-order valence-corrected chi connectivity index (χ2v) is 5.12. The Labute approximate surface area is 146 Å². The van der Waals surface area contributed by atoms with E-state index in [4.69, 9.17) is 21.0 Å². The van der Waals surface area contributed by atoms with Crippen molar-refractivity contribution in [1.29, 1.82) is 10.5 Å². The smallest absolute Gasteiger partial charge is 0.159 e. The Balaban J connectivity index is 2.24. The Bertz CT molecular complexity index is 759. The van der Waals surface area contributed by atoms with E-state index in [1.54, 1.807) is 7.11 Å². The maximum absolute atomic E-state index is 8.82. The minimum atomic E-state index is 0.316. The van der Waals surface area contributed by atoms with Crippen molar-refractivity contribution in [2.24, 2.45) is 0 Å². The molecule has 1 aromatic carbocycles. The predicted molar refractivity (Wildman–Crippen MR) is 95.4 cm³/mol. The van der Waals surface area contributed by atoms with Crippen LogP contribution in [0.1, 0.15) is 12.8 Å². The number of nitrogen functional groups attached to an aromatic ring is 1. The van der Waals surface area contributed by atoms with Gasteiger partial charge in [0.25, 0.3) is 0 Å². The van der Waals surface area contributed by atoms with Gasteiger partial charge in [-0.1, -0.05) is 0 Å². The summed E-state index contributed by atoms with van der Waals surface area (Å²) in [4.78, 5) is 10.2. The number of benzene rings is 1. The topological polar surface area (TPSA) is 124 Å². The number of nitrogens with one attached hydrogen (secondary N) is 1. The van der Waals surface area contributed by atoms with Gasteiger partial charge in [-0.05, 0) is 24.3 Å². The maximum Gasteiger partial charge on any atom is 0.159 e. The standard InChI is InChI=1S/C17H19N7O/c1-25-14-6-4-13(5-7-14)23-16-15(20)17(22-12-21-16)24(10-2-8-18)11-3-9-19/h4-7,12H,2-3,10-11,20H2,1H3,(H,21,22,23). The first-order chi connectivity index (χ1) is 12.2. The third kappa shape index (κ3) is 4.72. The van der Waals surface area contributed by atoms with Crippen LogP contribution in [0.15, 0.2) is 30.6 Å². The Hall–Kier alpha value is -3.52. The van der Waals surface area contributed by atoms with Gasteiger partial charge in [0.15, 0.2) is 11.6 Å². The molecule has 128 valence electrons. The van der Waals surface area contributed by atoms with Gasteiger partial charge >= 0.3 is 0 Å². The fraction of sp³-hybridized carbons (Fsp3) is 0.294. The van der Waals surface area contributed by atoms with Crippen molar-refractivity contribution in [1.82, 2.24) is 9.97 Å². The highest BCUT2D eigenvalue weighted by atomic mass is 16.5. The average Bonchev–Trinajstić information content (AvgIpc) is 2.65. The third-order valence-corrected chi connectivity index (χ3v) is 3.50. The lowest BCUT2D eigenvalue weighted by atomic mass is 10.3. The second-order valence-electron chi connectivity index (χ2n) is 5.12. The van der Waals surface area contributed by atoms with Crippen molar-refractivity contribution >= 4 is 23.0 Å². The van der Waals surface area contributed by atoms with Gasteiger partial charge in [0.05, 0.1) is 32.1 Å². The fourth-order valence-corrected chi connectivity index (χ4v) is 2.24.